The van der Waals surface area contributed by atoms with Gasteiger partial charge < -0.3 is 15.0 Å². The van der Waals surface area contributed by atoms with Crippen molar-refractivity contribution in [2.24, 2.45) is 0 Å². The number of hydrogen-bond acceptors (Lipinski definition) is 5. The van der Waals surface area contributed by atoms with E-state index in [0.29, 0.717) is 32.3 Å². The summed E-state index contributed by atoms with van der Waals surface area (Å²) in [6.07, 6.45) is -1.87. The topological polar surface area (TPSA) is 67.4 Å². The maximum Gasteiger partial charge on any atom is 0.417 e. The molecule has 132 valence electrons. The van der Waals surface area contributed by atoms with E-state index in [2.05, 4.69) is 15.3 Å². The Kier molecular flexibility index (Phi) is 4.84. The van der Waals surface area contributed by atoms with Gasteiger partial charge in [-0.05, 0) is 12.1 Å². The number of rotatable bonds is 3. The Balaban J connectivity index is 1.73. The third-order valence-electron chi connectivity index (χ3n) is 3.67. The van der Waals surface area contributed by atoms with Crippen molar-refractivity contribution in [3.05, 3.63) is 47.8 Å². The predicted octanol–water partition coefficient (Wildman–Crippen LogP) is 2.58. The van der Waals surface area contributed by atoms with Gasteiger partial charge in [0, 0.05) is 13.1 Å². The summed E-state index contributed by atoms with van der Waals surface area (Å²) in [5.74, 6) is -0.382. The maximum absolute atomic E-state index is 13.0. The second-order valence-corrected chi connectivity index (χ2v) is 5.37. The first-order valence-electron chi connectivity index (χ1n) is 7.57. The van der Waals surface area contributed by atoms with E-state index in [0.717, 1.165) is 12.1 Å². The Hall–Kier alpha value is -2.68. The minimum atomic E-state index is -4.61. The Morgan fingerprint density at radius 2 is 1.76 bits per heavy atom. The number of benzene rings is 1. The van der Waals surface area contributed by atoms with Crippen LogP contribution in [-0.4, -0.2) is 42.2 Å². The van der Waals surface area contributed by atoms with Crippen LogP contribution in [0.1, 0.15) is 15.9 Å². The fraction of sp³-hybridized carbons (Fsp3) is 0.312. The molecule has 3 rings (SSSR count). The Morgan fingerprint density at radius 3 is 2.40 bits per heavy atom. The number of alkyl halides is 3. The van der Waals surface area contributed by atoms with Crippen LogP contribution in [0.25, 0.3) is 0 Å². The monoisotopic (exact) mass is 352 g/mol. The largest absolute Gasteiger partial charge is 0.417 e. The van der Waals surface area contributed by atoms with E-state index in [-0.39, 0.29) is 5.69 Å². The van der Waals surface area contributed by atoms with Crippen LogP contribution >= 0.6 is 0 Å². The van der Waals surface area contributed by atoms with Crippen molar-refractivity contribution >= 4 is 17.5 Å². The van der Waals surface area contributed by atoms with Crippen LogP contribution in [0.5, 0.6) is 0 Å². The number of hydrogen-bond donors (Lipinski definition) is 1. The van der Waals surface area contributed by atoms with Crippen LogP contribution in [0.4, 0.5) is 24.8 Å². The number of ether oxygens (including phenoxy) is 1. The minimum absolute atomic E-state index is 0.221. The van der Waals surface area contributed by atoms with Crippen molar-refractivity contribution in [2.75, 3.05) is 36.5 Å². The van der Waals surface area contributed by atoms with Crippen molar-refractivity contribution in [3.63, 3.8) is 0 Å². The lowest BCUT2D eigenvalue weighted by Crippen LogP contribution is -2.37. The first kappa shape index (κ1) is 17.2. The summed E-state index contributed by atoms with van der Waals surface area (Å²) >= 11 is 0. The summed E-state index contributed by atoms with van der Waals surface area (Å²) < 4.78 is 44.2. The highest BCUT2D eigenvalue weighted by Gasteiger charge is 2.34. The lowest BCUT2D eigenvalue weighted by molar-refractivity contribution is -0.137. The molecule has 1 aromatic carbocycles. The van der Waals surface area contributed by atoms with Crippen LogP contribution in [-0.2, 0) is 10.9 Å². The maximum atomic E-state index is 13.0. The lowest BCUT2D eigenvalue weighted by atomic mass is 10.1. The molecule has 0 spiro atoms. The van der Waals surface area contributed by atoms with Crippen LogP contribution in [0.2, 0.25) is 0 Å². The van der Waals surface area contributed by atoms with Gasteiger partial charge in [0.25, 0.3) is 5.91 Å². The highest BCUT2D eigenvalue weighted by molar-refractivity contribution is 6.05. The normalized spacial score (nSPS) is 15.1. The van der Waals surface area contributed by atoms with Crippen LogP contribution in [0.15, 0.2) is 36.7 Å². The molecule has 0 aliphatic carbocycles. The van der Waals surface area contributed by atoms with Gasteiger partial charge in [0.2, 0.25) is 5.95 Å². The summed E-state index contributed by atoms with van der Waals surface area (Å²) in [5, 5.41) is 2.39. The Labute approximate surface area is 141 Å². The van der Waals surface area contributed by atoms with Gasteiger partial charge in [0.05, 0.1) is 42.4 Å². The molecule has 0 saturated carbocycles. The first-order valence-corrected chi connectivity index (χ1v) is 7.57. The number of anilines is 2. The van der Waals surface area contributed by atoms with E-state index < -0.39 is 23.2 Å². The number of morpholine rings is 1. The van der Waals surface area contributed by atoms with Crippen LogP contribution in [0.3, 0.4) is 0 Å². The Morgan fingerprint density at radius 1 is 1.12 bits per heavy atom. The third-order valence-corrected chi connectivity index (χ3v) is 3.67. The molecular weight excluding hydrogens is 337 g/mol. The summed E-state index contributed by atoms with van der Waals surface area (Å²) in [7, 11) is 0. The van der Waals surface area contributed by atoms with E-state index in [4.69, 9.17) is 4.74 Å². The van der Waals surface area contributed by atoms with E-state index in [1.54, 1.807) is 0 Å². The number of carbonyl (C=O) groups is 1. The second kappa shape index (κ2) is 7.06. The predicted molar refractivity (Wildman–Crippen MR) is 84.5 cm³/mol. The number of nitrogens with one attached hydrogen (secondary N) is 1. The molecule has 9 heteroatoms. The van der Waals surface area contributed by atoms with Crippen molar-refractivity contribution in [2.45, 2.75) is 6.18 Å². The molecule has 1 fully saturated rings. The zero-order valence-corrected chi connectivity index (χ0v) is 13.1. The van der Waals surface area contributed by atoms with Gasteiger partial charge in [-0.15, -0.1) is 0 Å². The van der Waals surface area contributed by atoms with Crippen molar-refractivity contribution in [1.82, 2.24) is 9.97 Å². The SMILES string of the molecule is O=C(Nc1cnc(N2CCOCC2)nc1)c1ccccc1C(F)(F)F. The number of aromatic nitrogens is 2. The summed E-state index contributed by atoms with van der Waals surface area (Å²) in [6.45, 7) is 2.47. The third kappa shape index (κ3) is 4.05. The van der Waals surface area contributed by atoms with E-state index >= 15 is 0 Å². The van der Waals surface area contributed by atoms with Crippen molar-refractivity contribution in [3.8, 4) is 0 Å². The van der Waals surface area contributed by atoms with Crippen LogP contribution in [0, 0.1) is 0 Å². The van der Waals surface area contributed by atoms with Crippen molar-refractivity contribution < 1.29 is 22.7 Å². The van der Waals surface area contributed by atoms with Gasteiger partial charge in [-0.25, -0.2) is 9.97 Å². The standard InChI is InChI=1S/C16H15F3N4O2/c17-16(18,19)13-4-2-1-3-12(13)14(24)22-11-9-20-15(21-10-11)23-5-7-25-8-6-23/h1-4,9-10H,5-8H2,(H,22,24). The smallest absolute Gasteiger partial charge is 0.378 e. The summed E-state index contributed by atoms with van der Waals surface area (Å²) in [4.78, 5) is 22.4. The van der Waals surface area contributed by atoms with Gasteiger partial charge in [-0.2, -0.15) is 13.2 Å². The molecule has 2 heterocycles. The molecule has 1 N–H and O–H groups in total. The van der Waals surface area contributed by atoms with E-state index in [9.17, 15) is 18.0 Å². The molecular formula is C16H15F3N4O2. The molecule has 0 unspecified atom stereocenters. The number of amides is 1. The number of nitrogens with zero attached hydrogens (tertiary/aromatic N) is 3. The van der Waals surface area contributed by atoms with Gasteiger partial charge in [-0.1, -0.05) is 12.1 Å². The molecule has 0 bridgehead atoms. The molecule has 6 nitrogen and oxygen atoms in total. The van der Waals surface area contributed by atoms with Gasteiger partial charge in [0.1, 0.15) is 0 Å². The molecule has 1 amide bonds. The van der Waals surface area contributed by atoms with Gasteiger partial charge in [-0.3, -0.25) is 4.79 Å². The summed E-state index contributed by atoms with van der Waals surface area (Å²) in [5.41, 5.74) is -1.22. The number of carbonyl (C=O) groups excluding carboxylic acids is 1. The highest BCUT2D eigenvalue weighted by atomic mass is 19.4. The average molecular weight is 352 g/mol. The summed E-state index contributed by atoms with van der Waals surface area (Å²) in [6, 6.07) is 4.61. The van der Waals surface area contributed by atoms with Gasteiger partial charge in [0.15, 0.2) is 0 Å². The average Bonchev–Trinajstić information content (AvgIpc) is 2.62. The fourth-order valence-corrected chi connectivity index (χ4v) is 2.44. The number of halogens is 3. The van der Waals surface area contributed by atoms with E-state index in [1.165, 1.54) is 24.5 Å². The molecule has 25 heavy (non-hydrogen) atoms. The molecule has 0 atom stereocenters. The second-order valence-electron chi connectivity index (χ2n) is 5.37. The lowest BCUT2D eigenvalue weighted by Gasteiger charge is -2.26. The van der Waals surface area contributed by atoms with Crippen molar-refractivity contribution in [1.29, 1.82) is 0 Å². The molecule has 2 aromatic rings. The van der Waals surface area contributed by atoms with Crippen LogP contribution < -0.4 is 10.2 Å². The zero-order chi connectivity index (χ0) is 17.9. The Bertz CT molecular complexity index is 744. The zero-order valence-electron chi connectivity index (χ0n) is 13.1. The first-order chi connectivity index (χ1) is 11.9. The molecule has 1 saturated heterocycles. The molecule has 0 radical (unpaired) electrons. The molecule has 1 aliphatic rings. The van der Waals surface area contributed by atoms with Gasteiger partial charge >= 0.3 is 6.18 Å². The minimum Gasteiger partial charge on any atom is -0.378 e. The molecule has 1 aromatic heterocycles. The highest BCUT2D eigenvalue weighted by Crippen LogP contribution is 2.32. The quantitative estimate of drug-likeness (QED) is 0.920. The van der Waals surface area contributed by atoms with E-state index in [1.807, 2.05) is 4.90 Å². The molecule has 1 aliphatic heterocycles. The fourth-order valence-electron chi connectivity index (χ4n) is 2.44.